The van der Waals surface area contributed by atoms with Crippen LogP contribution in [-0.2, 0) is 17.7 Å². The lowest BCUT2D eigenvalue weighted by atomic mass is 10.1. The number of carbonyl (C=O) groups excluding carboxylic acids is 1. The molecule has 2 saturated heterocycles. The second-order valence-electron chi connectivity index (χ2n) is 9.38. The molecule has 0 aromatic carbocycles. The number of hydrogen-bond donors (Lipinski definition) is 2. The van der Waals surface area contributed by atoms with Gasteiger partial charge in [-0.2, -0.15) is 0 Å². The summed E-state index contributed by atoms with van der Waals surface area (Å²) in [7, 11) is 0. The van der Waals surface area contributed by atoms with Gasteiger partial charge in [-0.25, -0.2) is 4.98 Å². The van der Waals surface area contributed by atoms with E-state index >= 15 is 0 Å². The fraction of sp³-hybridized carbons (Fsp3) is 0.440. The number of fused-ring (bicyclic) bond motifs is 2. The van der Waals surface area contributed by atoms with Crippen molar-refractivity contribution in [2.45, 2.75) is 44.4 Å². The molecule has 2 atom stereocenters. The number of aryl methyl sites for hydroxylation is 1. The number of hydrogen-bond acceptors (Lipinski definition) is 7. The summed E-state index contributed by atoms with van der Waals surface area (Å²) in [6, 6.07) is 8.77. The van der Waals surface area contributed by atoms with Crippen molar-refractivity contribution >= 4 is 22.5 Å². The molecule has 6 rings (SSSR count). The monoisotopic (exact) mass is 460 g/mol. The van der Waals surface area contributed by atoms with Crippen LogP contribution in [0.3, 0.4) is 0 Å². The molecule has 3 aromatic rings. The second kappa shape index (κ2) is 8.48. The van der Waals surface area contributed by atoms with Gasteiger partial charge in [0.05, 0.1) is 42.4 Å². The van der Waals surface area contributed by atoms with Gasteiger partial charge in [0.25, 0.3) is 11.5 Å². The number of rotatable bonds is 6. The molecular formula is C25H28N6O3. The fourth-order valence-electron chi connectivity index (χ4n) is 5.00. The number of piperazine rings is 1. The van der Waals surface area contributed by atoms with Gasteiger partial charge in [0.15, 0.2) is 0 Å². The molecule has 5 heterocycles. The number of anilines is 1. The molecule has 2 aliphatic heterocycles. The van der Waals surface area contributed by atoms with E-state index in [1.54, 1.807) is 6.07 Å². The van der Waals surface area contributed by atoms with Crippen LogP contribution in [0.1, 0.15) is 35.1 Å². The Kier molecular flexibility index (Phi) is 5.30. The van der Waals surface area contributed by atoms with Gasteiger partial charge in [0.1, 0.15) is 5.69 Å². The summed E-state index contributed by atoms with van der Waals surface area (Å²) < 4.78 is 5.10. The summed E-state index contributed by atoms with van der Waals surface area (Å²) in [4.78, 5) is 41.4. The average molecular weight is 461 g/mol. The number of pyridine rings is 3. The van der Waals surface area contributed by atoms with Crippen molar-refractivity contribution in [3.63, 3.8) is 0 Å². The van der Waals surface area contributed by atoms with Crippen molar-refractivity contribution in [2.75, 3.05) is 31.2 Å². The quantitative estimate of drug-likeness (QED) is 0.574. The second-order valence-corrected chi connectivity index (χ2v) is 9.38. The first kappa shape index (κ1) is 21.2. The third-order valence-corrected chi connectivity index (χ3v) is 7.11. The highest BCUT2D eigenvalue weighted by Gasteiger charge is 2.49. The Morgan fingerprint density at radius 3 is 2.79 bits per heavy atom. The standard InChI is InChI=1S/C25H28N6O3/c1-2-15-7-16-10-26-17(8-21(16)29-24(15)32)12-30-5-6-31(23-9-22(23)30)19-3-4-20(27-11-19)25(33)28-18-13-34-14-18/h3-4,7-8,10-11,18,22-23H,2,5-6,9,12-14H2,1H3,(H,28,33)(H,29,32)/t22-,23+/m0/s1. The van der Waals surface area contributed by atoms with E-state index in [1.165, 1.54) is 0 Å². The minimum atomic E-state index is -0.149. The zero-order valence-electron chi connectivity index (χ0n) is 19.2. The fourth-order valence-corrected chi connectivity index (χ4v) is 5.00. The highest BCUT2D eigenvalue weighted by molar-refractivity contribution is 5.92. The molecule has 0 bridgehead atoms. The lowest BCUT2D eigenvalue weighted by Gasteiger charge is -2.35. The molecule has 3 aliphatic rings. The van der Waals surface area contributed by atoms with E-state index in [1.807, 2.05) is 37.5 Å². The molecule has 0 unspecified atom stereocenters. The summed E-state index contributed by atoms with van der Waals surface area (Å²) in [5.74, 6) is -0.149. The SMILES string of the molecule is CCc1cc2cnc(CN3CCN(c4ccc(C(=O)NC5COC5)nc4)[C@@H]4C[C@@H]43)cc2[nH]c1=O. The number of nitrogens with zero attached hydrogens (tertiary/aromatic N) is 4. The predicted molar refractivity (Wildman–Crippen MR) is 128 cm³/mol. The number of nitrogens with one attached hydrogen (secondary N) is 2. The molecular weight excluding hydrogens is 432 g/mol. The largest absolute Gasteiger partial charge is 0.377 e. The van der Waals surface area contributed by atoms with Crippen molar-refractivity contribution in [1.29, 1.82) is 0 Å². The molecule has 1 aliphatic carbocycles. The summed E-state index contributed by atoms with van der Waals surface area (Å²) in [5, 5.41) is 3.90. The Hall–Kier alpha value is -3.30. The van der Waals surface area contributed by atoms with Crippen LogP contribution in [-0.4, -0.2) is 70.2 Å². The van der Waals surface area contributed by atoms with E-state index in [0.29, 0.717) is 37.4 Å². The molecule has 2 N–H and O–H groups in total. The summed E-state index contributed by atoms with van der Waals surface area (Å²) >= 11 is 0. The van der Waals surface area contributed by atoms with Crippen LogP contribution < -0.4 is 15.8 Å². The maximum absolute atomic E-state index is 12.3. The highest BCUT2D eigenvalue weighted by Crippen LogP contribution is 2.39. The Bertz CT molecular complexity index is 1290. The van der Waals surface area contributed by atoms with Crippen LogP contribution in [0, 0.1) is 0 Å². The smallest absolute Gasteiger partial charge is 0.270 e. The molecule has 3 aromatic heterocycles. The van der Waals surface area contributed by atoms with E-state index in [2.05, 4.69) is 30.1 Å². The highest BCUT2D eigenvalue weighted by atomic mass is 16.5. The zero-order valence-corrected chi connectivity index (χ0v) is 19.2. The van der Waals surface area contributed by atoms with Crippen molar-refractivity contribution < 1.29 is 9.53 Å². The summed E-state index contributed by atoms with van der Waals surface area (Å²) in [5.41, 5.74) is 4.09. The van der Waals surface area contributed by atoms with Gasteiger partial charge in [-0.15, -0.1) is 0 Å². The van der Waals surface area contributed by atoms with Gasteiger partial charge >= 0.3 is 0 Å². The summed E-state index contributed by atoms with van der Waals surface area (Å²) in [6.45, 7) is 5.73. The third-order valence-electron chi connectivity index (χ3n) is 7.11. The Morgan fingerprint density at radius 1 is 1.18 bits per heavy atom. The molecule has 1 saturated carbocycles. The number of ether oxygens (including phenoxy) is 1. The normalized spacial score (nSPS) is 22.3. The van der Waals surface area contributed by atoms with E-state index in [0.717, 1.165) is 53.9 Å². The molecule has 1 amide bonds. The van der Waals surface area contributed by atoms with Crippen LogP contribution in [0.5, 0.6) is 0 Å². The van der Waals surface area contributed by atoms with Crippen molar-refractivity contribution in [1.82, 2.24) is 25.2 Å². The van der Waals surface area contributed by atoms with Crippen molar-refractivity contribution in [3.05, 3.63) is 64.0 Å². The van der Waals surface area contributed by atoms with E-state index in [4.69, 9.17) is 4.74 Å². The minimum Gasteiger partial charge on any atom is -0.377 e. The van der Waals surface area contributed by atoms with Crippen LogP contribution in [0.4, 0.5) is 5.69 Å². The van der Waals surface area contributed by atoms with E-state index in [9.17, 15) is 9.59 Å². The predicted octanol–water partition coefficient (Wildman–Crippen LogP) is 1.47. The number of H-pyrrole nitrogens is 1. The van der Waals surface area contributed by atoms with Gasteiger partial charge in [-0.05, 0) is 37.1 Å². The Labute approximate surface area is 197 Å². The molecule has 0 radical (unpaired) electrons. The summed E-state index contributed by atoms with van der Waals surface area (Å²) in [6.07, 6.45) is 5.49. The number of aromatic nitrogens is 3. The number of aromatic amines is 1. The number of amides is 1. The minimum absolute atomic E-state index is 0.0165. The lowest BCUT2D eigenvalue weighted by molar-refractivity contribution is -0.00354. The van der Waals surface area contributed by atoms with Gasteiger partial charge in [0, 0.05) is 48.9 Å². The van der Waals surface area contributed by atoms with Gasteiger partial charge in [-0.3, -0.25) is 19.5 Å². The van der Waals surface area contributed by atoms with Crippen LogP contribution >= 0.6 is 0 Å². The van der Waals surface area contributed by atoms with Crippen molar-refractivity contribution in [2.24, 2.45) is 0 Å². The van der Waals surface area contributed by atoms with Gasteiger partial charge in [-0.1, -0.05) is 6.92 Å². The molecule has 0 spiro atoms. The lowest BCUT2D eigenvalue weighted by Crippen LogP contribution is -2.48. The number of carbonyl (C=O) groups is 1. The Balaban J connectivity index is 1.10. The zero-order chi connectivity index (χ0) is 23.2. The van der Waals surface area contributed by atoms with Gasteiger partial charge in [0.2, 0.25) is 0 Å². The molecule has 34 heavy (non-hydrogen) atoms. The molecule has 9 nitrogen and oxygen atoms in total. The topological polar surface area (TPSA) is 103 Å². The first-order chi connectivity index (χ1) is 16.6. The van der Waals surface area contributed by atoms with E-state index < -0.39 is 0 Å². The van der Waals surface area contributed by atoms with Crippen LogP contribution in [0.2, 0.25) is 0 Å². The molecule has 9 heteroatoms. The Morgan fingerprint density at radius 2 is 2.06 bits per heavy atom. The maximum atomic E-state index is 12.3. The first-order valence-electron chi connectivity index (χ1n) is 11.9. The molecule has 3 fully saturated rings. The van der Waals surface area contributed by atoms with Crippen LogP contribution in [0.15, 0.2) is 41.5 Å². The molecule has 176 valence electrons. The third kappa shape index (κ3) is 3.95. The first-order valence-corrected chi connectivity index (χ1v) is 11.9. The van der Waals surface area contributed by atoms with Crippen LogP contribution in [0.25, 0.3) is 10.9 Å². The van der Waals surface area contributed by atoms with Gasteiger partial charge < -0.3 is 19.9 Å². The average Bonchev–Trinajstić information content (AvgIpc) is 3.63. The van der Waals surface area contributed by atoms with Crippen molar-refractivity contribution in [3.8, 4) is 0 Å². The maximum Gasteiger partial charge on any atom is 0.270 e. The van der Waals surface area contributed by atoms with E-state index in [-0.39, 0.29) is 17.5 Å².